The molecule has 0 amide bonds. The third-order valence-electron chi connectivity index (χ3n) is 7.10. The first-order valence-corrected chi connectivity index (χ1v) is 13.6. The van der Waals surface area contributed by atoms with E-state index in [1.807, 2.05) is 56.4 Å². The van der Waals surface area contributed by atoms with E-state index in [0.29, 0.717) is 46.6 Å². The molecule has 3 aromatic heterocycles. The maximum Gasteiger partial charge on any atom is 0.184 e. The molecule has 5 rings (SSSR count). The molecule has 11 heteroatoms. The highest BCUT2D eigenvalue weighted by atomic mass is 16.5. The van der Waals surface area contributed by atoms with Crippen LogP contribution in [0.3, 0.4) is 0 Å². The highest BCUT2D eigenvalue weighted by Gasteiger charge is 2.19. The fourth-order valence-electron chi connectivity index (χ4n) is 4.83. The zero-order valence-electron chi connectivity index (χ0n) is 23.5. The van der Waals surface area contributed by atoms with Crippen molar-refractivity contribution < 1.29 is 9.53 Å². The maximum absolute atomic E-state index is 12.8. The predicted molar refractivity (Wildman–Crippen MR) is 155 cm³/mol. The van der Waals surface area contributed by atoms with E-state index in [0.717, 1.165) is 24.2 Å². The van der Waals surface area contributed by atoms with Crippen molar-refractivity contribution in [2.75, 3.05) is 44.0 Å². The third kappa shape index (κ3) is 5.94. The van der Waals surface area contributed by atoms with Crippen molar-refractivity contribution >= 4 is 28.8 Å². The quantitative estimate of drug-likeness (QED) is 0.274. The van der Waals surface area contributed by atoms with E-state index in [2.05, 4.69) is 35.3 Å². The summed E-state index contributed by atoms with van der Waals surface area (Å²) in [5.41, 5.74) is 3.50. The predicted octanol–water partition coefficient (Wildman–Crippen LogP) is 4.42. The van der Waals surface area contributed by atoms with Gasteiger partial charge in [0, 0.05) is 45.7 Å². The number of hydrogen-bond donors (Lipinski definition) is 1. The molecule has 208 valence electrons. The molecule has 0 spiro atoms. The number of Topliss-reactive ketones (excluding diaryl/α,β-unsaturated/α-hetero) is 1. The van der Waals surface area contributed by atoms with Crippen LogP contribution in [0.4, 0.5) is 23.0 Å². The largest absolute Gasteiger partial charge is 0.494 e. The van der Waals surface area contributed by atoms with Gasteiger partial charge in [-0.3, -0.25) is 14.5 Å². The van der Waals surface area contributed by atoms with E-state index in [9.17, 15) is 4.79 Å². The van der Waals surface area contributed by atoms with E-state index >= 15 is 0 Å². The van der Waals surface area contributed by atoms with Gasteiger partial charge in [-0.25, -0.2) is 15.0 Å². The Morgan fingerprint density at radius 3 is 2.52 bits per heavy atom. The minimum atomic E-state index is -0.0205. The third-order valence-corrected chi connectivity index (χ3v) is 7.10. The molecule has 40 heavy (non-hydrogen) atoms. The molecule has 1 fully saturated rings. The number of anilines is 4. The number of nitrogens with zero attached hydrogens (tertiary/aromatic N) is 8. The molecule has 1 aliphatic heterocycles. The molecular weight excluding hydrogens is 506 g/mol. The summed E-state index contributed by atoms with van der Waals surface area (Å²) >= 11 is 0. The van der Waals surface area contributed by atoms with Gasteiger partial charge < -0.3 is 19.9 Å². The number of methoxy groups -OCH3 is 1. The van der Waals surface area contributed by atoms with Crippen molar-refractivity contribution in [3.63, 3.8) is 0 Å². The van der Waals surface area contributed by atoms with Crippen LogP contribution in [-0.2, 0) is 13.5 Å². The lowest BCUT2D eigenvalue weighted by atomic mass is 10.1. The molecular formula is C29H35N9O2. The van der Waals surface area contributed by atoms with Crippen LogP contribution in [0.1, 0.15) is 42.2 Å². The lowest BCUT2D eigenvalue weighted by Crippen LogP contribution is -2.22. The minimum Gasteiger partial charge on any atom is -0.494 e. The number of para-hydroxylation sites is 1. The summed E-state index contributed by atoms with van der Waals surface area (Å²) in [6.45, 7) is 5.18. The van der Waals surface area contributed by atoms with Gasteiger partial charge in [-0.1, -0.05) is 13.0 Å². The normalized spacial score (nSPS) is 13.4. The average molecular weight is 542 g/mol. The van der Waals surface area contributed by atoms with Crippen molar-refractivity contribution in [2.24, 2.45) is 7.05 Å². The maximum atomic E-state index is 12.8. The second-order valence-electron chi connectivity index (χ2n) is 9.84. The Hall–Kier alpha value is -4.38. The summed E-state index contributed by atoms with van der Waals surface area (Å²) in [6, 6.07) is 7.53. The molecule has 1 aliphatic rings. The Balaban J connectivity index is 1.41. The minimum absolute atomic E-state index is 0.0205. The Morgan fingerprint density at radius 2 is 1.85 bits per heavy atom. The fraction of sp³-hybridized carbons (Fsp3) is 0.379. The number of aromatic nitrogens is 6. The Morgan fingerprint density at radius 1 is 1.05 bits per heavy atom. The van der Waals surface area contributed by atoms with Gasteiger partial charge in [0.05, 0.1) is 47.7 Å². The second kappa shape index (κ2) is 12.2. The Kier molecular flexibility index (Phi) is 8.30. The molecule has 1 saturated heterocycles. The van der Waals surface area contributed by atoms with E-state index < -0.39 is 0 Å². The topological polar surface area (TPSA) is 114 Å². The van der Waals surface area contributed by atoms with Gasteiger partial charge in [-0.05, 0) is 38.1 Å². The van der Waals surface area contributed by atoms with Crippen LogP contribution < -0.4 is 15.0 Å². The summed E-state index contributed by atoms with van der Waals surface area (Å²) in [4.78, 5) is 35.4. The van der Waals surface area contributed by atoms with Crippen LogP contribution in [0, 0.1) is 0 Å². The van der Waals surface area contributed by atoms with Gasteiger partial charge in [0.1, 0.15) is 12.1 Å². The van der Waals surface area contributed by atoms with Crippen molar-refractivity contribution in [2.45, 2.75) is 32.6 Å². The monoisotopic (exact) mass is 541 g/mol. The number of likely N-dealkylation sites (tertiary alicyclic amines) is 1. The van der Waals surface area contributed by atoms with Gasteiger partial charge in [0.15, 0.2) is 23.2 Å². The zero-order chi connectivity index (χ0) is 28.1. The van der Waals surface area contributed by atoms with Crippen LogP contribution >= 0.6 is 0 Å². The fourth-order valence-corrected chi connectivity index (χ4v) is 4.83. The molecule has 0 unspecified atom stereocenters. The molecule has 1 aromatic carbocycles. The summed E-state index contributed by atoms with van der Waals surface area (Å²) in [5, 5.41) is 7.82. The summed E-state index contributed by atoms with van der Waals surface area (Å²) in [5.74, 6) is 2.39. The van der Waals surface area contributed by atoms with Gasteiger partial charge in [-0.15, -0.1) is 0 Å². The van der Waals surface area contributed by atoms with E-state index in [-0.39, 0.29) is 5.78 Å². The number of benzene rings is 1. The number of pyridine rings is 1. The Labute approximate surface area is 234 Å². The summed E-state index contributed by atoms with van der Waals surface area (Å²) < 4.78 is 7.41. The van der Waals surface area contributed by atoms with Crippen LogP contribution in [0.2, 0.25) is 0 Å². The first-order chi connectivity index (χ1) is 19.5. The molecule has 0 radical (unpaired) electrons. The number of aryl methyl sites for hydroxylation is 1. The van der Waals surface area contributed by atoms with Gasteiger partial charge >= 0.3 is 0 Å². The number of ether oxygens (including phenoxy) is 1. The molecule has 0 bridgehead atoms. The molecule has 4 aromatic rings. The van der Waals surface area contributed by atoms with Crippen molar-refractivity contribution in [3.8, 4) is 17.1 Å². The average Bonchev–Trinajstić information content (AvgIpc) is 3.67. The molecule has 4 heterocycles. The number of carbonyl (C=O) groups is 1. The van der Waals surface area contributed by atoms with Crippen LogP contribution in [-0.4, -0.2) is 74.2 Å². The lowest BCUT2D eigenvalue weighted by molar-refractivity contribution is 0.0988. The van der Waals surface area contributed by atoms with Crippen LogP contribution in [0.15, 0.2) is 49.2 Å². The lowest BCUT2D eigenvalue weighted by Gasteiger charge is -2.20. The van der Waals surface area contributed by atoms with E-state index in [4.69, 9.17) is 4.74 Å². The SMILES string of the molecule is CCC(=O)c1cnc(N(C)c2cnc(CCN3CCCC3)cn2)cc1Nc1cccc(-c2ncn(C)n2)c1OC. The van der Waals surface area contributed by atoms with Crippen molar-refractivity contribution in [1.29, 1.82) is 0 Å². The van der Waals surface area contributed by atoms with Crippen molar-refractivity contribution in [3.05, 3.63) is 60.4 Å². The van der Waals surface area contributed by atoms with Gasteiger partial charge in [-0.2, -0.15) is 5.10 Å². The second-order valence-corrected chi connectivity index (χ2v) is 9.84. The number of rotatable bonds is 11. The smallest absolute Gasteiger partial charge is 0.184 e. The first-order valence-electron chi connectivity index (χ1n) is 13.6. The highest BCUT2D eigenvalue weighted by Crippen LogP contribution is 2.38. The molecule has 0 atom stereocenters. The van der Waals surface area contributed by atoms with E-state index in [1.165, 1.54) is 25.9 Å². The summed E-state index contributed by atoms with van der Waals surface area (Å²) in [6.07, 6.45) is 10.6. The highest BCUT2D eigenvalue weighted by molar-refractivity contribution is 6.02. The van der Waals surface area contributed by atoms with E-state index in [1.54, 1.807) is 30.5 Å². The molecule has 11 nitrogen and oxygen atoms in total. The van der Waals surface area contributed by atoms with Gasteiger partial charge in [0.25, 0.3) is 0 Å². The number of nitrogens with one attached hydrogen (secondary N) is 1. The zero-order valence-corrected chi connectivity index (χ0v) is 23.5. The number of ketones is 1. The summed E-state index contributed by atoms with van der Waals surface area (Å²) in [7, 11) is 5.30. The molecule has 0 aliphatic carbocycles. The Bertz CT molecular complexity index is 1460. The molecule has 1 N–H and O–H groups in total. The number of hydrogen-bond acceptors (Lipinski definition) is 10. The first kappa shape index (κ1) is 27.2. The molecule has 0 saturated carbocycles. The number of carbonyl (C=O) groups excluding carboxylic acids is 1. The van der Waals surface area contributed by atoms with Crippen LogP contribution in [0.25, 0.3) is 11.4 Å². The van der Waals surface area contributed by atoms with Crippen molar-refractivity contribution in [1.82, 2.24) is 34.6 Å². The van der Waals surface area contributed by atoms with Gasteiger partial charge in [0.2, 0.25) is 0 Å². The standard InChI is InChI=1S/C29H35N9O2/c1-5-25(39)22-17-32-26(37(3)27-18-30-20(16-31-27)11-14-38-12-6-7-13-38)15-24(22)34-23-10-8-9-21(28(23)40-4)29-33-19-36(2)35-29/h8-10,15-19H,5-7,11-14H2,1-4H3,(H,32,34). The van der Waals surface area contributed by atoms with Crippen LogP contribution in [0.5, 0.6) is 5.75 Å².